The van der Waals surface area contributed by atoms with Crippen molar-refractivity contribution in [1.29, 1.82) is 0 Å². The zero-order chi connectivity index (χ0) is 6.62. The molecule has 0 heterocycles. The minimum absolute atomic E-state index is 0.0197. The number of hydrogen-bond acceptors (Lipinski definition) is 3. The summed E-state index contributed by atoms with van der Waals surface area (Å²) in [6.07, 6.45) is 0.452. The molecule has 0 bridgehead atoms. The molecule has 0 N–H and O–H groups in total. The molecule has 1 atom stereocenters. The van der Waals surface area contributed by atoms with Crippen LogP contribution in [0.25, 0.3) is 0 Å². The van der Waals surface area contributed by atoms with Gasteiger partial charge in [-0.25, -0.2) is 0 Å². The molecule has 0 saturated heterocycles. The molecule has 0 aliphatic rings. The fraction of sp³-hybridized carbons (Fsp3) is 1.00. The summed E-state index contributed by atoms with van der Waals surface area (Å²) in [7, 11) is -3.19. The minimum atomic E-state index is -3.19. The quantitative estimate of drug-likeness (QED) is 0.584. The third-order valence-electron chi connectivity index (χ3n) is 0.528. The second-order valence-corrected chi connectivity index (χ2v) is 4.73. The SMILES string of the molecule is O=S([O-])(=S)CCCCl. The molecular formula is C3H6ClO2S2-. The Morgan fingerprint density at radius 1 is 1.75 bits per heavy atom. The molecule has 5 heteroatoms. The van der Waals surface area contributed by atoms with E-state index in [4.69, 9.17) is 11.6 Å². The fourth-order valence-corrected chi connectivity index (χ4v) is 1.37. The summed E-state index contributed by atoms with van der Waals surface area (Å²) in [4.78, 5) is 0. The van der Waals surface area contributed by atoms with Crippen molar-refractivity contribution < 1.29 is 8.76 Å². The van der Waals surface area contributed by atoms with Gasteiger partial charge < -0.3 is 4.55 Å². The van der Waals surface area contributed by atoms with E-state index in [1.165, 1.54) is 0 Å². The van der Waals surface area contributed by atoms with Crippen LogP contribution in [0.2, 0.25) is 0 Å². The van der Waals surface area contributed by atoms with Gasteiger partial charge in [-0.05, 0) is 26.4 Å². The molecule has 0 rings (SSSR count). The highest BCUT2D eigenvalue weighted by Crippen LogP contribution is 1.89. The zero-order valence-electron chi connectivity index (χ0n) is 4.13. The molecule has 0 saturated carbocycles. The first-order valence-corrected chi connectivity index (χ1v) is 5.17. The molecule has 0 spiro atoms. The van der Waals surface area contributed by atoms with Gasteiger partial charge in [0.2, 0.25) is 0 Å². The molecule has 8 heavy (non-hydrogen) atoms. The summed E-state index contributed by atoms with van der Waals surface area (Å²) >= 11 is 9.26. The summed E-state index contributed by atoms with van der Waals surface area (Å²) in [5, 5.41) is 0. The van der Waals surface area contributed by atoms with Crippen LogP contribution < -0.4 is 0 Å². The van der Waals surface area contributed by atoms with E-state index in [1.807, 2.05) is 0 Å². The van der Waals surface area contributed by atoms with E-state index in [9.17, 15) is 8.76 Å². The Bertz CT molecular complexity index is 139. The smallest absolute Gasteiger partial charge is 0.0231 e. The molecule has 1 unspecified atom stereocenters. The van der Waals surface area contributed by atoms with E-state index in [-0.39, 0.29) is 5.75 Å². The van der Waals surface area contributed by atoms with Gasteiger partial charge in [0, 0.05) is 11.6 Å². The van der Waals surface area contributed by atoms with Crippen molar-refractivity contribution in [3.63, 3.8) is 0 Å². The Hall–Kier alpha value is 0.620. The second kappa shape index (κ2) is 3.61. The molecule has 2 nitrogen and oxygen atoms in total. The Labute approximate surface area is 58.7 Å². The van der Waals surface area contributed by atoms with Gasteiger partial charge in [0.25, 0.3) is 0 Å². The number of rotatable bonds is 3. The average molecular weight is 174 g/mol. The topological polar surface area (TPSA) is 40.1 Å². The van der Waals surface area contributed by atoms with Crippen molar-refractivity contribution >= 4 is 31.6 Å². The fourth-order valence-electron chi connectivity index (χ4n) is 0.231. The minimum Gasteiger partial charge on any atom is -0.769 e. The van der Waals surface area contributed by atoms with Gasteiger partial charge in [0.05, 0.1) is 0 Å². The van der Waals surface area contributed by atoms with Gasteiger partial charge in [0.15, 0.2) is 0 Å². The van der Waals surface area contributed by atoms with E-state index in [0.29, 0.717) is 12.3 Å². The van der Waals surface area contributed by atoms with E-state index in [0.717, 1.165) is 0 Å². The Morgan fingerprint density at radius 2 is 2.25 bits per heavy atom. The van der Waals surface area contributed by atoms with Crippen molar-refractivity contribution in [1.82, 2.24) is 0 Å². The monoisotopic (exact) mass is 173 g/mol. The Morgan fingerprint density at radius 3 is 2.38 bits per heavy atom. The van der Waals surface area contributed by atoms with Gasteiger partial charge >= 0.3 is 0 Å². The van der Waals surface area contributed by atoms with Crippen LogP contribution in [-0.2, 0) is 20.0 Å². The van der Waals surface area contributed by atoms with Gasteiger partial charge in [-0.15, -0.1) is 11.6 Å². The molecule has 0 aromatic heterocycles. The summed E-state index contributed by atoms with van der Waals surface area (Å²) < 4.78 is 20.3. The van der Waals surface area contributed by atoms with Crippen LogP contribution in [0.1, 0.15) is 6.42 Å². The molecule has 0 fully saturated rings. The van der Waals surface area contributed by atoms with Crippen molar-refractivity contribution in [3.05, 3.63) is 0 Å². The number of alkyl halides is 1. The number of halogens is 1. The molecule has 0 aliphatic carbocycles. The highest BCUT2D eigenvalue weighted by molar-refractivity contribution is 8.29. The summed E-state index contributed by atoms with van der Waals surface area (Å²) in [6.45, 7) is 0. The van der Waals surface area contributed by atoms with Crippen molar-refractivity contribution in [2.24, 2.45) is 0 Å². The maximum absolute atomic E-state index is 10.1. The van der Waals surface area contributed by atoms with Crippen molar-refractivity contribution in [2.75, 3.05) is 11.6 Å². The average Bonchev–Trinajstić information content (AvgIpc) is 1.59. The lowest BCUT2D eigenvalue weighted by Crippen LogP contribution is -2.02. The molecule has 50 valence electrons. The highest BCUT2D eigenvalue weighted by Gasteiger charge is 1.87. The van der Waals surface area contributed by atoms with Crippen LogP contribution in [0, 0.1) is 0 Å². The lowest BCUT2D eigenvalue weighted by Gasteiger charge is -2.06. The van der Waals surface area contributed by atoms with Crippen LogP contribution in [-0.4, -0.2) is 20.4 Å². The maximum atomic E-state index is 10.1. The van der Waals surface area contributed by atoms with Gasteiger partial charge in [-0.1, -0.05) is 0 Å². The van der Waals surface area contributed by atoms with Crippen LogP contribution in [0.5, 0.6) is 0 Å². The van der Waals surface area contributed by atoms with E-state index >= 15 is 0 Å². The summed E-state index contributed by atoms with van der Waals surface area (Å²) in [5.74, 6) is 0.377. The normalized spacial score (nSPS) is 17.8. The Balaban J connectivity index is 3.42. The third kappa shape index (κ3) is 6.62. The molecule has 0 aromatic rings. The first-order chi connectivity index (χ1) is 3.56. The lowest BCUT2D eigenvalue weighted by molar-refractivity contribution is 0.533. The summed E-state index contributed by atoms with van der Waals surface area (Å²) in [5.41, 5.74) is 0. The van der Waals surface area contributed by atoms with Gasteiger partial charge in [-0.2, -0.15) is 0 Å². The second-order valence-electron chi connectivity index (χ2n) is 1.30. The molecule has 0 aliphatic heterocycles. The zero-order valence-corrected chi connectivity index (χ0v) is 6.52. The molecule has 0 amide bonds. The van der Waals surface area contributed by atoms with E-state index in [2.05, 4.69) is 11.2 Å². The molecule has 0 radical (unpaired) electrons. The molecular weight excluding hydrogens is 168 g/mol. The van der Waals surface area contributed by atoms with Gasteiger partial charge in [0.1, 0.15) is 0 Å². The van der Waals surface area contributed by atoms with Crippen LogP contribution in [0.15, 0.2) is 0 Å². The van der Waals surface area contributed by atoms with E-state index < -0.39 is 8.77 Å². The highest BCUT2D eigenvalue weighted by atomic mass is 35.5. The maximum Gasteiger partial charge on any atom is 0.0231 e. The predicted molar refractivity (Wildman–Crippen MR) is 36.5 cm³/mol. The standard InChI is InChI=1S/C3H7ClO2S2/c4-2-1-3-8(5,6)7/h1-3H2,(H,5,6,7)/p-1. The third-order valence-corrected chi connectivity index (χ3v) is 2.08. The van der Waals surface area contributed by atoms with Crippen LogP contribution in [0.3, 0.4) is 0 Å². The van der Waals surface area contributed by atoms with Gasteiger partial charge in [-0.3, -0.25) is 4.21 Å². The predicted octanol–water partition coefficient (Wildman–Crippen LogP) is 0.492. The molecule has 0 aromatic carbocycles. The van der Waals surface area contributed by atoms with Crippen molar-refractivity contribution in [2.45, 2.75) is 6.42 Å². The largest absolute Gasteiger partial charge is 0.769 e. The van der Waals surface area contributed by atoms with Crippen LogP contribution in [0.4, 0.5) is 0 Å². The number of hydrogen-bond donors (Lipinski definition) is 0. The van der Waals surface area contributed by atoms with E-state index in [1.54, 1.807) is 0 Å². The summed E-state index contributed by atoms with van der Waals surface area (Å²) in [6, 6.07) is 0. The lowest BCUT2D eigenvalue weighted by atomic mass is 10.6. The first-order valence-electron chi connectivity index (χ1n) is 2.06. The van der Waals surface area contributed by atoms with Crippen molar-refractivity contribution in [3.8, 4) is 0 Å². The first kappa shape index (κ1) is 8.62. The van der Waals surface area contributed by atoms with Crippen LogP contribution >= 0.6 is 11.6 Å². The Kier molecular flexibility index (Phi) is 3.89.